The van der Waals surface area contributed by atoms with Gasteiger partial charge in [0.15, 0.2) is 0 Å². The molecule has 2 unspecified atom stereocenters. The fraction of sp³-hybridized carbons (Fsp3) is 0.636. The average Bonchev–Trinajstić information content (AvgIpc) is 2.66. The first-order valence-electron chi connectivity index (χ1n) is 5.50. The number of thioether (sulfide) groups is 1. The standard InChI is InChI=1S/C11H17ClN2S2/c1-8-6-14(2-3-15-8)10(5-13)11-4-9(12)7-16-11/h4,7-8,10H,2-3,5-6,13H2,1H3. The molecule has 1 aliphatic rings. The van der Waals surface area contributed by atoms with Crippen molar-refractivity contribution < 1.29 is 0 Å². The number of hydrogen-bond acceptors (Lipinski definition) is 4. The Bertz CT molecular complexity index is 342. The summed E-state index contributed by atoms with van der Waals surface area (Å²) in [6.07, 6.45) is 0. The summed E-state index contributed by atoms with van der Waals surface area (Å²) in [5.41, 5.74) is 5.91. The van der Waals surface area contributed by atoms with E-state index in [0.29, 0.717) is 17.8 Å². The maximum absolute atomic E-state index is 5.98. The molecule has 0 amide bonds. The van der Waals surface area contributed by atoms with Gasteiger partial charge in [-0.05, 0) is 6.07 Å². The molecule has 0 aliphatic carbocycles. The SMILES string of the molecule is CC1CN(C(CN)c2cc(Cl)cs2)CCS1. The van der Waals surface area contributed by atoms with Gasteiger partial charge in [-0.3, -0.25) is 4.90 Å². The van der Waals surface area contributed by atoms with Crippen molar-refractivity contribution >= 4 is 34.7 Å². The van der Waals surface area contributed by atoms with Crippen molar-refractivity contribution in [1.82, 2.24) is 4.90 Å². The fourth-order valence-electron chi connectivity index (χ4n) is 2.08. The zero-order valence-corrected chi connectivity index (χ0v) is 11.7. The van der Waals surface area contributed by atoms with E-state index >= 15 is 0 Å². The van der Waals surface area contributed by atoms with Crippen LogP contribution in [0.5, 0.6) is 0 Å². The third-order valence-corrected chi connectivity index (χ3v) is 5.37. The molecule has 1 aromatic rings. The molecule has 0 aromatic carbocycles. The summed E-state index contributed by atoms with van der Waals surface area (Å²) < 4.78 is 0. The van der Waals surface area contributed by atoms with Crippen LogP contribution in [0.4, 0.5) is 0 Å². The summed E-state index contributed by atoms with van der Waals surface area (Å²) in [7, 11) is 0. The highest BCUT2D eigenvalue weighted by Crippen LogP contribution is 2.31. The lowest BCUT2D eigenvalue weighted by atomic mass is 10.2. The van der Waals surface area contributed by atoms with Gasteiger partial charge in [-0.1, -0.05) is 18.5 Å². The minimum absolute atomic E-state index is 0.348. The third kappa shape index (κ3) is 2.93. The molecule has 90 valence electrons. The van der Waals surface area contributed by atoms with Gasteiger partial charge in [-0.25, -0.2) is 0 Å². The second kappa shape index (κ2) is 5.74. The predicted octanol–water partition coefficient (Wildman–Crippen LogP) is 2.84. The van der Waals surface area contributed by atoms with E-state index < -0.39 is 0 Å². The van der Waals surface area contributed by atoms with Gasteiger partial charge in [0.2, 0.25) is 0 Å². The fourth-order valence-corrected chi connectivity index (χ4v) is 4.35. The number of nitrogens with two attached hydrogens (primary N) is 1. The van der Waals surface area contributed by atoms with E-state index in [9.17, 15) is 0 Å². The lowest BCUT2D eigenvalue weighted by Crippen LogP contribution is -2.41. The minimum atomic E-state index is 0.348. The molecule has 1 fully saturated rings. The monoisotopic (exact) mass is 276 g/mol. The number of thiophene rings is 1. The quantitative estimate of drug-likeness (QED) is 0.921. The molecule has 2 heterocycles. The summed E-state index contributed by atoms with van der Waals surface area (Å²) in [5, 5.41) is 3.53. The van der Waals surface area contributed by atoms with Gasteiger partial charge in [0.05, 0.1) is 11.1 Å². The van der Waals surface area contributed by atoms with E-state index in [0.717, 1.165) is 18.1 Å². The second-order valence-corrected chi connectivity index (χ2v) is 7.02. The van der Waals surface area contributed by atoms with E-state index in [1.54, 1.807) is 11.3 Å². The number of nitrogens with zero attached hydrogens (tertiary/aromatic N) is 1. The lowest BCUT2D eigenvalue weighted by molar-refractivity contribution is 0.214. The highest BCUT2D eigenvalue weighted by Gasteiger charge is 2.25. The molecule has 1 saturated heterocycles. The Labute approximate surface area is 110 Å². The van der Waals surface area contributed by atoms with Crippen LogP contribution >= 0.6 is 34.7 Å². The highest BCUT2D eigenvalue weighted by molar-refractivity contribution is 7.99. The predicted molar refractivity (Wildman–Crippen MR) is 74.6 cm³/mol. The average molecular weight is 277 g/mol. The molecule has 0 saturated carbocycles. The Morgan fingerprint density at radius 2 is 2.50 bits per heavy atom. The zero-order valence-electron chi connectivity index (χ0n) is 9.36. The molecule has 1 aromatic heterocycles. The Kier molecular flexibility index (Phi) is 4.56. The van der Waals surface area contributed by atoms with Crippen molar-refractivity contribution in [2.75, 3.05) is 25.4 Å². The van der Waals surface area contributed by atoms with Crippen LogP contribution in [0, 0.1) is 0 Å². The molecule has 2 N–H and O–H groups in total. The molecule has 16 heavy (non-hydrogen) atoms. The first-order valence-corrected chi connectivity index (χ1v) is 7.81. The molecule has 0 bridgehead atoms. The van der Waals surface area contributed by atoms with Crippen molar-refractivity contribution in [3.05, 3.63) is 21.3 Å². The summed E-state index contributed by atoms with van der Waals surface area (Å²) in [6.45, 7) is 5.22. The first kappa shape index (κ1) is 12.7. The van der Waals surface area contributed by atoms with E-state index in [1.165, 1.54) is 10.6 Å². The van der Waals surface area contributed by atoms with Gasteiger partial charge in [0, 0.05) is 40.9 Å². The largest absolute Gasteiger partial charge is 0.329 e. The zero-order chi connectivity index (χ0) is 11.5. The molecule has 5 heteroatoms. The van der Waals surface area contributed by atoms with Crippen molar-refractivity contribution in [2.45, 2.75) is 18.2 Å². The molecule has 2 nitrogen and oxygen atoms in total. The van der Waals surface area contributed by atoms with Gasteiger partial charge in [0.1, 0.15) is 0 Å². The molecular weight excluding hydrogens is 260 g/mol. The summed E-state index contributed by atoms with van der Waals surface area (Å²) in [5.74, 6) is 1.21. The Hall–Kier alpha value is 0.260. The van der Waals surface area contributed by atoms with E-state index in [4.69, 9.17) is 17.3 Å². The molecule has 0 radical (unpaired) electrons. The van der Waals surface area contributed by atoms with Crippen molar-refractivity contribution in [3.63, 3.8) is 0 Å². The Morgan fingerprint density at radius 3 is 3.06 bits per heavy atom. The number of rotatable bonds is 3. The maximum atomic E-state index is 5.98. The second-order valence-electron chi connectivity index (χ2n) is 4.10. The van der Waals surface area contributed by atoms with E-state index in [1.807, 2.05) is 17.1 Å². The van der Waals surface area contributed by atoms with E-state index in [2.05, 4.69) is 17.9 Å². The van der Waals surface area contributed by atoms with Crippen LogP contribution < -0.4 is 5.73 Å². The molecule has 1 aliphatic heterocycles. The van der Waals surface area contributed by atoms with Crippen LogP contribution in [-0.4, -0.2) is 35.5 Å². The van der Waals surface area contributed by atoms with Gasteiger partial charge >= 0.3 is 0 Å². The minimum Gasteiger partial charge on any atom is -0.329 e. The van der Waals surface area contributed by atoms with Gasteiger partial charge < -0.3 is 5.73 Å². The van der Waals surface area contributed by atoms with Crippen LogP contribution in [0.25, 0.3) is 0 Å². The molecule has 2 atom stereocenters. The van der Waals surface area contributed by atoms with Gasteiger partial charge in [0.25, 0.3) is 0 Å². The molecule has 2 rings (SSSR count). The van der Waals surface area contributed by atoms with Gasteiger partial charge in [-0.15, -0.1) is 11.3 Å². The lowest BCUT2D eigenvalue weighted by Gasteiger charge is -2.36. The number of hydrogen-bond donors (Lipinski definition) is 1. The first-order chi connectivity index (χ1) is 7.70. The van der Waals surface area contributed by atoms with Crippen LogP contribution in [0.2, 0.25) is 5.02 Å². The van der Waals surface area contributed by atoms with Crippen LogP contribution in [-0.2, 0) is 0 Å². The maximum Gasteiger partial charge on any atom is 0.0565 e. The topological polar surface area (TPSA) is 29.3 Å². The molecular formula is C11H17ClN2S2. The Morgan fingerprint density at radius 1 is 1.69 bits per heavy atom. The summed E-state index contributed by atoms with van der Waals surface area (Å²) in [4.78, 5) is 3.79. The highest BCUT2D eigenvalue weighted by atomic mass is 35.5. The number of halogens is 1. The van der Waals surface area contributed by atoms with Gasteiger partial charge in [-0.2, -0.15) is 11.8 Å². The van der Waals surface area contributed by atoms with E-state index in [-0.39, 0.29) is 0 Å². The van der Waals surface area contributed by atoms with Crippen molar-refractivity contribution in [2.24, 2.45) is 5.73 Å². The van der Waals surface area contributed by atoms with Crippen LogP contribution in [0.1, 0.15) is 17.8 Å². The summed E-state index contributed by atoms with van der Waals surface area (Å²) in [6, 6.07) is 2.40. The normalized spacial score (nSPS) is 24.6. The third-order valence-electron chi connectivity index (χ3n) is 2.85. The molecule has 0 spiro atoms. The van der Waals surface area contributed by atoms with Crippen molar-refractivity contribution in [3.8, 4) is 0 Å². The smallest absolute Gasteiger partial charge is 0.0565 e. The Balaban J connectivity index is 2.09. The van der Waals surface area contributed by atoms with Crippen LogP contribution in [0.3, 0.4) is 0 Å². The van der Waals surface area contributed by atoms with Crippen molar-refractivity contribution in [1.29, 1.82) is 0 Å². The summed E-state index contributed by atoms with van der Waals surface area (Å²) >= 11 is 9.74. The van der Waals surface area contributed by atoms with Crippen LogP contribution in [0.15, 0.2) is 11.4 Å².